The number of benzene rings is 2. The number of ether oxygens (including phenoxy) is 1. The summed E-state index contributed by atoms with van der Waals surface area (Å²) < 4.78 is 4.95. The van der Waals surface area contributed by atoms with E-state index in [9.17, 15) is 9.59 Å². The van der Waals surface area contributed by atoms with Crippen molar-refractivity contribution in [1.29, 1.82) is 0 Å². The highest BCUT2D eigenvalue weighted by Crippen LogP contribution is 2.20. The third-order valence-electron chi connectivity index (χ3n) is 4.82. The molecule has 5 nitrogen and oxygen atoms in total. The standard InChI is InChI=1S/C20H20Cl2N2O3/c1-27-20(26)18-8-13-4-2-3-5-15(13)11-24(18)12-19(25)23-10-14-6-7-16(21)9-17(14)22/h2-7,9,18H,8,10-12H2,1H3,(H,23,25)/p+1/t18-/m0/s1. The first-order valence-electron chi connectivity index (χ1n) is 8.67. The SMILES string of the molecule is COC(=O)[C@@H]1Cc2ccccc2C[NH+]1CC(=O)NCc1ccc(Cl)cc1Cl. The molecular formula is C20H21Cl2N2O3+. The first kappa shape index (κ1) is 19.7. The normalized spacial score (nSPS) is 18.5. The van der Waals surface area contributed by atoms with Crippen LogP contribution in [0.4, 0.5) is 0 Å². The molecule has 0 spiro atoms. The Bertz CT molecular complexity index is 857. The molecule has 0 radical (unpaired) electrons. The van der Waals surface area contributed by atoms with Crippen LogP contribution in [0, 0.1) is 0 Å². The molecule has 142 valence electrons. The average molecular weight is 408 g/mol. The molecular weight excluding hydrogens is 387 g/mol. The van der Waals surface area contributed by atoms with Crippen LogP contribution in [0.25, 0.3) is 0 Å². The van der Waals surface area contributed by atoms with Crippen LogP contribution in [0.2, 0.25) is 10.0 Å². The zero-order valence-electron chi connectivity index (χ0n) is 14.9. The van der Waals surface area contributed by atoms with Gasteiger partial charge in [0.1, 0.15) is 6.54 Å². The highest BCUT2D eigenvalue weighted by atomic mass is 35.5. The number of halogens is 2. The predicted molar refractivity (Wildman–Crippen MR) is 104 cm³/mol. The zero-order valence-corrected chi connectivity index (χ0v) is 16.4. The van der Waals surface area contributed by atoms with Crippen molar-refractivity contribution in [2.75, 3.05) is 13.7 Å². The molecule has 1 aliphatic heterocycles. The van der Waals surface area contributed by atoms with Gasteiger partial charge in [-0.25, -0.2) is 4.79 Å². The van der Waals surface area contributed by atoms with Gasteiger partial charge in [-0.3, -0.25) is 4.79 Å². The summed E-state index contributed by atoms with van der Waals surface area (Å²) >= 11 is 12.0. The number of quaternary nitrogens is 1. The van der Waals surface area contributed by atoms with Crippen molar-refractivity contribution >= 4 is 35.1 Å². The second-order valence-electron chi connectivity index (χ2n) is 6.57. The number of esters is 1. The quantitative estimate of drug-likeness (QED) is 0.742. The number of methoxy groups -OCH3 is 1. The molecule has 0 fully saturated rings. The molecule has 2 N–H and O–H groups in total. The lowest BCUT2D eigenvalue weighted by atomic mass is 9.94. The lowest BCUT2D eigenvalue weighted by Crippen LogP contribution is -3.17. The summed E-state index contributed by atoms with van der Waals surface area (Å²) in [6.07, 6.45) is 0.564. The minimum absolute atomic E-state index is 0.149. The van der Waals surface area contributed by atoms with E-state index >= 15 is 0 Å². The van der Waals surface area contributed by atoms with Crippen LogP contribution in [0.15, 0.2) is 42.5 Å². The van der Waals surface area contributed by atoms with Crippen molar-refractivity contribution < 1.29 is 19.2 Å². The van der Waals surface area contributed by atoms with E-state index < -0.39 is 6.04 Å². The highest BCUT2D eigenvalue weighted by Gasteiger charge is 2.37. The fraction of sp³-hybridized carbons (Fsp3) is 0.300. The zero-order chi connectivity index (χ0) is 19.4. The number of carbonyl (C=O) groups is 2. The van der Waals surface area contributed by atoms with Crippen LogP contribution in [-0.4, -0.2) is 31.6 Å². The lowest BCUT2D eigenvalue weighted by molar-refractivity contribution is -0.924. The van der Waals surface area contributed by atoms with Gasteiger partial charge >= 0.3 is 5.97 Å². The number of amides is 1. The maximum Gasteiger partial charge on any atom is 0.365 e. The summed E-state index contributed by atoms with van der Waals surface area (Å²) in [5.41, 5.74) is 3.07. The summed E-state index contributed by atoms with van der Waals surface area (Å²) in [4.78, 5) is 25.6. The highest BCUT2D eigenvalue weighted by molar-refractivity contribution is 6.35. The molecule has 1 unspecified atom stereocenters. The van der Waals surface area contributed by atoms with Gasteiger partial charge in [-0.05, 0) is 23.3 Å². The lowest BCUT2D eigenvalue weighted by Gasteiger charge is -2.31. The first-order chi connectivity index (χ1) is 13.0. The van der Waals surface area contributed by atoms with E-state index in [1.54, 1.807) is 18.2 Å². The molecule has 3 rings (SSSR count). The van der Waals surface area contributed by atoms with Crippen LogP contribution < -0.4 is 10.2 Å². The molecule has 27 heavy (non-hydrogen) atoms. The van der Waals surface area contributed by atoms with Crippen LogP contribution >= 0.6 is 23.2 Å². The van der Waals surface area contributed by atoms with E-state index in [-0.39, 0.29) is 18.4 Å². The molecule has 1 amide bonds. The van der Waals surface area contributed by atoms with Crippen molar-refractivity contribution in [2.24, 2.45) is 0 Å². The maximum atomic E-state index is 12.5. The van der Waals surface area contributed by atoms with Crippen LogP contribution in [0.1, 0.15) is 16.7 Å². The molecule has 7 heteroatoms. The number of hydrogen-bond acceptors (Lipinski definition) is 3. The molecule has 2 aromatic rings. The molecule has 0 aliphatic carbocycles. The topological polar surface area (TPSA) is 59.8 Å². The minimum Gasteiger partial charge on any atom is -0.465 e. The Morgan fingerprint density at radius 1 is 1.19 bits per heavy atom. The predicted octanol–water partition coefficient (Wildman–Crippen LogP) is 1.79. The fourth-order valence-electron chi connectivity index (χ4n) is 3.37. The molecule has 0 aromatic heterocycles. The molecule has 0 saturated carbocycles. The molecule has 1 aliphatic rings. The van der Waals surface area contributed by atoms with Crippen molar-refractivity contribution in [1.82, 2.24) is 5.32 Å². The second kappa shape index (κ2) is 8.74. The fourth-order valence-corrected chi connectivity index (χ4v) is 3.84. The largest absolute Gasteiger partial charge is 0.465 e. The van der Waals surface area contributed by atoms with Crippen molar-refractivity contribution in [3.05, 3.63) is 69.2 Å². The van der Waals surface area contributed by atoms with Crippen molar-refractivity contribution in [3.63, 3.8) is 0 Å². The van der Waals surface area contributed by atoms with Crippen LogP contribution in [-0.2, 0) is 33.8 Å². The third-order valence-corrected chi connectivity index (χ3v) is 5.40. The number of fused-ring (bicyclic) bond motifs is 1. The maximum absolute atomic E-state index is 12.5. The smallest absolute Gasteiger partial charge is 0.365 e. The van der Waals surface area contributed by atoms with Gasteiger partial charge in [0.25, 0.3) is 5.91 Å². The van der Waals surface area contributed by atoms with Crippen LogP contribution in [0.3, 0.4) is 0 Å². The summed E-state index contributed by atoms with van der Waals surface area (Å²) in [5.74, 6) is -0.447. The van der Waals surface area contributed by atoms with Crippen LogP contribution in [0.5, 0.6) is 0 Å². The van der Waals surface area contributed by atoms with E-state index in [0.717, 1.165) is 21.6 Å². The van der Waals surface area contributed by atoms with E-state index in [0.29, 0.717) is 29.6 Å². The summed E-state index contributed by atoms with van der Waals surface area (Å²) in [6.45, 7) is 1.09. The number of nitrogens with one attached hydrogen (secondary N) is 2. The van der Waals surface area contributed by atoms with Gasteiger partial charge in [-0.15, -0.1) is 0 Å². The Hall–Kier alpha value is -2.08. The first-order valence-corrected chi connectivity index (χ1v) is 9.43. The van der Waals surface area contributed by atoms with E-state index in [1.807, 2.05) is 24.3 Å². The van der Waals surface area contributed by atoms with Gasteiger partial charge < -0.3 is 15.0 Å². The molecule has 1 heterocycles. The molecule has 2 atom stereocenters. The average Bonchev–Trinajstić information content (AvgIpc) is 2.66. The van der Waals surface area contributed by atoms with Gasteiger partial charge in [0.15, 0.2) is 12.6 Å². The molecule has 0 bridgehead atoms. The van der Waals surface area contributed by atoms with Crippen molar-refractivity contribution in [2.45, 2.75) is 25.6 Å². The Balaban J connectivity index is 1.66. The molecule has 2 aromatic carbocycles. The van der Waals surface area contributed by atoms with Crippen molar-refractivity contribution in [3.8, 4) is 0 Å². The summed E-state index contributed by atoms with van der Waals surface area (Å²) in [5, 5.41) is 3.93. The van der Waals surface area contributed by atoms with E-state index in [1.165, 1.54) is 7.11 Å². The van der Waals surface area contributed by atoms with E-state index in [4.69, 9.17) is 27.9 Å². The summed E-state index contributed by atoms with van der Waals surface area (Å²) in [6, 6.07) is 12.7. The Kier molecular flexibility index (Phi) is 6.37. The number of carbonyl (C=O) groups excluding carboxylic acids is 2. The van der Waals surface area contributed by atoms with E-state index in [2.05, 4.69) is 5.32 Å². The Morgan fingerprint density at radius 2 is 1.93 bits per heavy atom. The molecule has 0 saturated heterocycles. The Morgan fingerprint density at radius 3 is 2.63 bits per heavy atom. The monoisotopic (exact) mass is 407 g/mol. The van der Waals surface area contributed by atoms with Gasteiger partial charge in [0.05, 0.1) is 7.11 Å². The van der Waals surface area contributed by atoms with Gasteiger partial charge in [0.2, 0.25) is 0 Å². The Labute approximate surface area is 168 Å². The number of rotatable bonds is 5. The summed E-state index contributed by atoms with van der Waals surface area (Å²) in [7, 11) is 1.38. The second-order valence-corrected chi connectivity index (χ2v) is 7.42. The van der Waals surface area contributed by atoms with Gasteiger partial charge in [-0.2, -0.15) is 0 Å². The third kappa shape index (κ3) is 4.80. The minimum atomic E-state index is -0.394. The number of hydrogen-bond donors (Lipinski definition) is 2. The van der Waals surface area contributed by atoms with Gasteiger partial charge in [0, 0.05) is 28.6 Å². The van der Waals surface area contributed by atoms with Gasteiger partial charge in [-0.1, -0.05) is 53.5 Å².